The Labute approximate surface area is 203 Å². The minimum atomic E-state index is -0.796. The van der Waals surface area contributed by atoms with Crippen LogP contribution in [0.15, 0.2) is 60.8 Å². The van der Waals surface area contributed by atoms with Crippen LogP contribution in [0.2, 0.25) is 0 Å². The van der Waals surface area contributed by atoms with Crippen LogP contribution in [0.25, 0.3) is 5.69 Å². The molecule has 1 aromatic heterocycles. The SMILES string of the molecule is CC(OC(=O)Nc1nn(-c2ccc(N3CCCCC3CC(=O)O)cc2)cc1C#N)c1ccccc1. The fraction of sp³-hybridized carbons (Fsp3) is 0.308. The number of carbonyl (C=O) groups excluding carboxylic acids is 1. The van der Waals surface area contributed by atoms with Crippen molar-refractivity contribution in [2.24, 2.45) is 0 Å². The predicted molar refractivity (Wildman–Crippen MR) is 130 cm³/mol. The lowest BCUT2D eigenvalue weighted by Gasteiger charge is -2.37. The van der Waals surface area contributed by atoms with Gasteiger partial charge in [-0.1, -0.05) is 30.3 Å². The number of hydrogen-bond acceptors (Lipinski definition) is 6. The number of amides is 1. The number of carboxylic acid groups (broad SMARTS) is 1. The van der Waals surface area contributed by atoms with Crippen molar-refractivity contribution in [2.75, 3.05) is 16.8 Å². The molecule has 1 aliphatic heterocycles. The number of carboxylic acids is 1. The van der Waals surface area contributed by atoms with Crippen LogP contribution in [0.5, 0.6) is 0 Å². The molecule has 3 aromatic rings. The number of carbonyl (C=O) groups is 2. The zero-order valence-electron chi connectivity index (χ0n) is 19.4. The fourth-order valence-electron chi connectivity index (χ4n) is 4.31. The molecule has 1 fully saturated rings. The van der Waals surface area contributed by atoms with Gasteiger partial charge in [0.15, 0.2) is 5.82 Å². The number of benzene rings is 2. The summed E-state index contributed by atoms with van der Waals surface area (Å²) < 4.78 is 6.94. The predicted octanol–water partition coefficient (Wildman–Crippen LogP) is 4.89. The van der Waals surface area contributed by atoms with Gasteiger partial charge in [0.2, 0.25) is 0 Å². The van der Waals surface area contributed by atoms with E-state index in [-0.39, 0.29) is 23.8 Å². The van der Waals surface area contributed by atoms with Crippen molar-refractivity contribution >= 4 is 23.6 Å². The maximum atomic E-state index is 12.4. The molecule has 2 aromatic carbocycles. The van der Waals surface area contributed by atoms with E-state index in [4.69, 9.17) is 4.74 Å². The van der Waals surface area contributed by atoms with Gasteiger partial charge in [-0.2, -0.15) is 5.26 Å². The molecule has 0 bridgehead atoms. The third-order valence-electron chi connectivity index (χ3n) is 6.09. The zero-order chi connectivity index (χ0) is 24.8. The third kappa shape index (κ3) is 5.79. The average Bonchev–Trinajstić information content (AvgIpc) is 3.27. The van der Waals surface area contributed by atoms with Crippen molar-refractivity contribution in [1.29, 1.82) is 5.26 Å². The van der Waals surface area contributed by atoms with E-state index in [0.29, 0.717) is 5.69 Å². The van der Waals surface area contributed by atoms with Crippen LogP contribution in [0.1, 0.15) is 49.8 Å². The standard InChI is InChI=1S/C26H27N5O4/c1-18(19-7-3-2-4-8-19)35-26(34)28-25-20(16-27)17-31(29-25)22-12-10-21(11-13-22)30-14-6-5-9-23(30)15-24(32)33/h2-4,7-8,10-13,17-18,23H,5-6,9,14-15H2,1H3,(H,32,33)(H,28,29,34). The summed E-state index contributed by atoms with van der Waals surface area (Å²) in [4.78, 5) is 25.8. The maximum absolute atomic E-state index is 12.4. The molecule has 35 heavy (non-hydrogen) atoms. The van der Waals surface area contributed by atoms with Crippen molar-refractivity contribution in [3.8, 4) is 11.8 Å². The van der Waals surface area contributed by atoms with E-state index >= 15 is 0 Å². The number of ether oxygens (including phenoxy) is 1. The molecule has 180 valence electrons. The second-order valence-electron chi connectivity index (χ2n) is 8.49. The number of nitriles is 1. The number of piperidine rings is 1. The Morgan fingerprint density at radius 3 is 2.57 bits per heavy atom. The lowest BCUT2D eigenvalue weighted by Crippen LogP contribution is -2.40. The first-order valence-corrected chi connectivity index (χ1v) is 11.6. The smallest absolute Gasteiger partial charge is 0.413 e. The average molecular weight is 474 g/mol. The lowest BCUT2D eigenvalue weighted by molar-refractivity contribution is -0.137. The monoisotopic (exact) mass is 473 g/mol. The Hall–Kier alpha value is -4.32. The topological polar surface area (TPSA) is 120 Å². The fourth-order valence-corrected chi connectivity index (χ4v) is 4.31. The van der Waals surface area contributed by atoms with Crippen molar-refractivity contribution < 1.29 is 19.4 Å². The number of aliphatic carboxylic acids is 1. The summed E-state index contributed by atoms with van der Waals surface area (Å²) in [5.74, 6) is -0.685. The molecule has 4 rings (SSSR count). The van der Waals surface area contributed by atoms with Crippen molar-refractivity contribution in [1.82, 2.24) is 9.78 Å². The summed E-state index contributed by atoms with van der Waals surface area (Å²) in [6.45, 7) is 2.58. The van der Waals surface area contributed by atoms with E-state index in [1.807, 2.05) is 60.7 Å². The van der Waals surface area contributed by atoms with E-state index in [9.17, 15) is 20.0 Å². The molecule has 1 amide bonds. The summed E-state index contributed by atoms with van der Waals surface area (Å²) in [6.07, 6.45) is 3.39. The summed E-state index contributed by atoms with van der Waals surface area (Å²) >= 11 is 0. The molecule has 0 aliphatic carbocycles. The molecule has 2 unspecified atom stereocenters. The van der Waals surface area contributed by atoms with Crippen LogP contribution < -0.4 is 10.2 Å². The van der Waals surface area contributed by atoms with Crippen LogP contribution in [0.4, 0.5) is 16.3 Å². The van der Waals surface area contributed by atoms with Gasteiger partial charge in [-0.05, 0) is 56.0 Å². The minimum absolute atomic E-state index is 0.0258. The van der Waals surface area contributed by atoms with Crippen molar-refractivity contribution in [2.45, 2.75) is 44.8 Å². The van der Waals surface area contributed by atoms with Gasteiger partial charge < -0.3 is 14.7 Å². The van der Waals surface area contributed by atoms with Crippen LogP contribution in [-0.2, 0) is 9.53 Å². The highest BCUT2D eigenvalue weighted by atomic mass is 16.6. The summed E-state index contributed by atoms with van der Waals surface area (Å²) in [5.41, 5.74) is 2.71. The Bertz CT molecular complexity index is 1220. The van der Waals surface area contributed by atoms with E-state index in [1.54, 1.807) is 13.1 Å². The Kier molecular flexibility index (Phi) is 7.31. The van der Waals surface area contributed by atoms with Gasteiger partial charge in [-0.3, -0.25) is 10.1 Å². The van der Waals surface area contributed by atoms with E-state index in [1.165, 1.54) is 4.68 Å². The molecular formula is C26H27N5O4. The van der Waals surface area contributed by atoms with Gasteiger partial charge >= 0.3 is 12.1 Å². The van der Waals surface area contributed by atoms with Gasteiger partial charge in [0.25, 0.3) is 0 Å². The largest absolute Gasteiger partial charge is 0.481 e. The zero-order valence-corrected chi connectivity index (χ0v) is 19.4. The first kappa shape index (κ1) is 23.8. The molecule has 2 atom stereocenters. The van der Waals surface area contributed by atoms with Gasteiger partial charge in [-0.25, -0.2) is 9.48 Å². The molecule has 9 heteroatoms. The Morgan fingerprint density at radius 2 is 1.89 bits per heavy atom. The molecule has 2 N–H and O–H groups in total. The number of anilines is 2. The van der Waals surface area contributed by atoms with E-state index in [0.717, 1.165) is 37.1 Å². The summed E-state index contributed by atoms with van der Waals surface area (Å²) in [7, 11) is 0. The van der Waals surface area contributed by atoms with Gasteiger partial charge in [0.05, 0.1) is 18.3 Å². The first-order chi connectivity index (χ1) is 16.9. The summed E-state index contributed by atoms with van der Waals surface area (Å²) in [6, 6.07) is 18.9. The van der Waals surface area contributed by atoms with Crippen LogP contribution in [0.3, 0.4) is 0 Å². The van der Waals surface area contributed by atoms with Gasteiger partial charge in [0.1, 0.15) is 17.7 Å². The number of aromatic nitrogens is 2. The second-order valence-corrected chi connectivity index (χ2v) is 8.49. The molecule has 0 radical (unpaired) electrons. The highest BCUT2D eigenvalue weighted by molar-refractivity contribution is 5.85. The molecule has 1 saturated heterocycles. The van der Waals surface area contributed by atoms with E-state index in [2.05, 4.69) is 15.3 Å². The third-order valence-corrected chi connectivity index (χ3v) is 6.09. The van der Waals surface area contributed by atoms with Crippen LogP contribution >= 0.6 is 0 Å². The molecular weight excluding hydrogens is 446 g/mol. The number of nitrogens with zero attached hydrogens (tertiary/aromatic N) is 4. The minimum Gasteiger partial charge on any atom is -0.481 e. The second kappa shape index (κ2) is 10.7. The molecule has 0 spiro atoms. The molecule has 2 heterocycles. The Morgan fingerprint density at radius 1 is 1.17 bits per heavy atom. The van der Waals surface area contributed by atoms with Crippen molar-refractivity contribution in [3.05, 3.63) is 71.9 Å². The number of rotatable bonds is 7. The van der Waals surface area contributed by atoms with Crippen LogP contribution in [-0.4, -0.2) is 39.5 Å². The highest BCUT2D eigenvalue weighted by Crippen LogP contribution is 2.28. The van der Waals surface area contributed by atoms with Gasteiger partial charge in [0, 0.05) is 18.3 Å². The lowest BCUT2D eigenvalue weighted by atomic mass is 9.98. The Balaban J connectivity index is 1.46. The van der Waals surface area contributed by atoms with E-state index < -0.39 is 18.2 Å². The maximum Gasteiger partial charge on any atom is 0.413 e. The number of nitrogens with one attached hydrogen (secondary N) is 1. The first-order valence-electron chi connectivity index (χ1n) is 11.6. The van der Waals surface area contributed by atoms with Crippen LogP contribution in [0, 0.1) is 11.3 Å². The molecule has 9 nitrogen and oxygen atoms in total. The molecule has 0 saturated carbocycles. The normalized spacial score (nSPS) is 16.2. The number of hydrogen-bond donors (Lipinski definition) is 2. The summed E-state index contributed by atoms with van der Waals surface area (Å²) in [5, 5.41) is 25.7. The molecule has 1 aliphatic rings. The van der Waals surface area contributed by atoms with Gasteiger partial charge in [-0.15, -0.1) is 5.10 Å². The quantitative estimate of drug-likeness (QED) is 0.501. The highest BCUT2D eigenvalue weighted by Gasteiger charge is 2.25. The van der Waals surface area contributed by atoms with Crippen molar-refractivity contribution in [3.63, 3.8) is 0 Å².